The van der Waals surface area contributed by atoms with Crippen molar-refractivity contribution in [3.63, 3.8) is 0 Å². The van der Waals surface area contributed by atoms with Crippen molar-refractivity contribution in [3.05, 3.63) is 0 Å². The largest absolute Gasteiger partial charge is 0.396 e. The Hall–Kier alpha value is 0.270. The third-order valence-electron chi connectivity index (χ3n) is 2.46. The number of rotatable bonds is 6. The van der Waals surface area contributed by atoms with Crippen LogP contribution in [0, 0.1) is 5.92 Å². The van der Waals surface area contributed by atoms with E-state index in [1.165, 1.54) is 0 Å². The molecule has 0 saturated heterocycles. The second kappa shape index (κ2) is 6.77. The number of aliphatic hydroxyl groups is 1. The molecule has 15 heavy (non-hydrogen) atoms. The zero-order valence-electron chi connectivity index (χ0n) is 11.0. The van der Waals surface area contributed by atoms with Crippen molar-refractivity contribution in [2.45, 2.75) is 58.4 Å². The van der Waals surface area contributed by atoms with E-state index in [1.54, 1.807) is 0 Å². The van der Waals surface area contributed by atoms with Crippen LogP contribution in [0.4, 0.5) is 0 Å². The van der Waals surface area contributed by atoms with Gasteiger partial charge in [0.2, 0.25) is 0 Å². The molecule has 0 bridgehead atoms. The van der Waals surface area contributed by atoms with Gasteiger partial charge in [0, 0.05) is 29.2 Å². The van der Waals surface area contributed by atoms with Crippen LogP contribution < -0.4 is 5.32 Å². The average Bonchev–Trinajstić information content (AvgIpc) is 2.12. The van der Waals surface area contributed by atoms with E-state index in [-0.39, 0.29) is 6.61 Å². The molecule has 0 heterocycles. The molecule has 92 valence electrons. The first kappa shape index (κ1) is 15.3. The van der Waals surface area contributed by atoms with Crippen LogP contribution in [0.25, 0.3) is 0 Å². The Balaban J connectivity index is 3.78. The van der Waals surface area contributed by atoms with Crippen LogP contribution in [-0.4, -0.2) is 34.3 Å². The molecule has 0 amide bonds. The maximum atomic E-state index is 9.03. The van der Waals surface area contributed by atoms with Gasteiger partial charge in [-0.1, -0.05) is 27.7 Å². The lowest BCUT2D eigenvalue weighted by molar-refractivity contribution is 0.203. The van der Waals surface area contributed by atoms with Crippen LogP contribution in [0.3, 0.4) is 0 Å². The highest BCUT2D eigenvalue weighted by Gasteiger charge is 2.16. The van der Waals surface area contributed by atoms with Crippen LogP contribution in [0.15, 0.2) is 0 Å². The van der Waals surface area contributed by atoms with Gasteiger partial charge in [-0.2, -0.15) is 11.8 Å². The average molecular weight is 233 g/mol. The SMILES string of the molecule is CC(CSC(C)(C)C)NC(C)C(C)CO. The highest BCUT2D eigenvalue weighted by atomic mass is 32.2. The summed E-state index contributed by atoms with van der Waals surface area (Å²) in [4.78, 5) is 0. The van der Waals surface area contributed by atoms with Crippen molar-refractivity contribution < 1.29 is 5.11 Å². The normalized spacial score (nSPS) is 18.6. The molecule has 2 N–H and O–H groups in total. The molecule has 0 aromatic carbocycles. The van der Waals surface area contributed by atoms with Crippen molar-refractivity contribution in [1.82, 2.24) is 5.32 Å². The Labute approximate surface area is 99.2 Å². The Morgan fingerprint density at radius 1 is 1.20 bits per heavy atom. The minimum absolute atomic E-state index is 0.257. The number of nitrogens with one attached hydrogen (secondary N) is 1. The van der Waals surface area contributed by atoms with E-state index in [9.17, 15) is 0 Å². The fourth-order valence-electron chi connectivity index (χ4n) is 1.19. The highest BCUT2D eigenvalue weighted by Crippen LogP contribution is 2.23. The number of thioether (sulfide) groups is 1. The first-order valence-corrected chi connectivity index (χ1v) is 6.75. The lowest BCUT2D eigenvalue weighted by Crippen LogP contribution is -2.41. The summed E-state index contributed by atoms with van der Waals surface area (Å²) in [5.41, 5.74) is 0. The summed E-state index contributed by atoms with van der Waals surface area (Å²) < 4.78 is 0.335. The molecule has 0 aromatic rings. The maximum Gasteiger partial charge on any atom is 0.0471 e. The molecule has 0 aliphatic heterocycles. The van der Waals surface area contributed by atoms with Gasteiger partial charge >= 0.3 is 0 Å². The molecule has 3 heteroatoms. The minimum Gasteiger partial charge on any atom is -0.396 e. The lowest BCUT2D eigenvalue weighted by Gasteiger charge is -2.26. The first-order valence-electron chi connectivity index (χ1n) is 5.77. The van der Waals surface area contributed by atoms with E-state index in [2.05, 4.69) is 46.9 Å². The van der Waals surface area contributed by atoms with Gasteiger partial charge in [0.25, 0.3) is 0 Å². The fraction of sp³-hybridized carbons (Fsp3) is 1.00. The monoisotopic (exact) mass is 233 g/mol. The molecule has 0 spiro atoms. The van der Waals surface area contributed by atoms with Crippen LogP contribution in [0.1, 0.15) is 41.5 Å². The van der Waals surface area contributed by atoms with E-state index >= 15 is 0 Å². The molecule has 0 saturated carbocycles. The van der Waals surface area contributed by atoms with Gasteiger partial charge in [0.1, 0.15) is 0 Å². The van der Waals surface area contributed by atoms with E-state index in [0.717, 1.165) is 5.75 Å². The Bertz CT molecular complexity index is 167. The van der Waals surface area contributed by atoms with Gasteiger partial charge in [-0.3, -0.25) is 0 Å². The first-order chi connectivity index (χ1) is 6.76. The zero-order valence-corrected chi connectivity index (χ0v) is 11.8. The summed E-state index contributed by atoms with van der Waals surface area (Å²) in [6.07, 6.45) is 0. The molecule has 0 aliphatic carbocycles. The Kier molecular flexibility index (Phi) is 6.89. The molecule has 0 radical (unpaired) electrons. The topological polar surface area (TPSA) is 32.3 Å². The summed E-state index contributed by atoms with van der Waals surface area (Å²) >= 11 is 1.98. The van der Waals surface area contributed by atoms with E-state index < -0.39 is 0 Å². The van der Waals surface area contributed by atoms with Crippen molar-refractivity contribution in [3.8, 4) is 0 Å². The zero-order chi connectivity index (χ0) is 12.1. The molecule has 0 aromatic heterocycles. The standard InChI is InChI=1S/C12H27NOS/c1-9(7-14)11(3)13-10(2)8-15-12(4,5)6/h9-11,13-14H,7-8H2,1-6H3. The summed E-state index contributed by atoms with van der Waals surface area (Å²) in [7, 11) is 0. The summed E-state index contributed by atoms with van der Waals surface area (Å²) in [6.45, 7) is 13.4. The highest BCUT2D eigenvalue weighted by molar-refractivity contribution is 8.00. The van der Waals surface area contributed by atoms with Crippen molar-refractivity contribution >= 4 is 11.8 Å². The van der Waals surface area contributed by atoms with Gasteiger partial charge < -0.3 is 10.4 Å². The van der Waals surface area contributed by atoms with Gasteiger partial charge in [-0.15, -0.1) is 0 Å². The summed E-state index contributed by atoms with van der Waals surface area (Å²) in [6, 6.07) is 0.879. The number of hydrogen-bond donors (Lipinski definition) is 2. The molecule has 3 unspecified atom stereocenters. The smallest absolute Gasteiger partial charge is 0.0471 e. The third-order valence-corrected chi connectivity index (χ3v) is 3.99. The van der Waals surface area contributed by atoms with Crippen LogP contribution in [0.2, 0.25) is 0 Å². The minimum atomic E-state index is 0.257. The summed E-state index contributed by atoms with van der Waals surface area (Å²) in [5, 5.41) is 12.6. The Morgan fingerprint density at radius 2 is 1.73 bits per heavy atom. The molecular weight excluding hydrogens is 206 g/mol. The van der Waals surface area contributed by atoms with Crippen LogP contribution in [0.5, 0.6) is 0 Å². The molecule has 3 atom stereocenters. The molecule has 0 rings (SSSR count). The van der Waals surface area contributed by atoms with Gasteiger partial charge in [-0.05, 0) is 19.8 Å². The van der Waals surface area contributed by atoms with Gasteiger partial charge in [-0.25, -0.2) is 0 Å². The van der Waals surface area contributed by atoms with Crippen LogP contribution in [-0.2, 0) is 0 Å². The predicted molar refractivity (Wildman–Crippen MR) is 70.5 cm³/mol. The summed E-state index contributed by atoms with van der Waals surface area (Å²) in [5.74, 6) is 1.44. The van der Waals surface area contributed by atoms with Crippen LogP contribution >= 0.6 is 11.8 Å². The van der Waals surface area contributed by atoms with Crippen molar-refractivity contribution in [2.24, 2.45) is 5.92 Å². The molecule has 0 aliphatic rings. The van der Waals surface area contributed by atoms with E-state index in [0.29, 0.717) is 22.7 Å². The lowest BCUT2D eigenvalue weighted by atomic mass is 10.0. The molecular formula is C12H27NOS. The molecule has 2 nitrogen and oxygen atoms in total. The van der Waals surface area contributed by atoms with Crippen molar-refractivity contribution in [1.29, 1.82) is 0 Å². The predicted octanol–water partition coefficient (Wildman–Crippen LogP) is 2.51. The number of hydrogen-bond acceptors (Lipinski definition) is 3. The van der Waals surface area contributed by atoms with E-state index in [4.69, 9.17) is 5.11 Å². The quantitative estimate of drug-likeness (QED) is 0.739. The number of aliphatic hydroxyl groups excluding tert-OH is 1. The van der Waals surface area contributed by atoms with Crippen molar-refractivity contribution in [2.75, 3.05) is 12.4 Å². The van der Waals surface area contributed by atoms with Gasteiger partial charge in [0.05, 0.1) is 0 Å². The molecule has 0 fully saturated rings. The fourth-order valence-corrected chi connectivity index (χ4v) is 2.04. The van der Waals surface area contributed by atoms with E-state index in [1.807, 2.05) is 11.8 Å². The van der Waals surface area contributed by atoms with Gasteiger partial charge in [0.15, 0.2) is 0 Å². The third kappa shape index (κ3) is 8.12. The Morgan fingerprint density at radius 3 is 2.13 bits per heavy atom. The second-order valence-corrected chi connectivity index (χ2v) is 7.29. The second-order valence-electron chi connectivity index (χ2n) is 5.44. The maximum absolute atomic E-state index is 9.03.